The van der Waals surface area contributed by atoms with Gasteiger partial charge in [0.15, 0.2) is 5.69 Å². The number of aromatic nitrogens is 2. The minimum Gasteiger partial charge on any atom is -0.347 e. The summed E-state index contributed by atoms with van der Waals surface area (Å²) in [6, 6.07) is 0.234. The van der Waals surface area contributed by atoms with Crippen molar-refractivity contribution in [3.63, 3.8) is 0 Å². The molecule has 0 aromatic carbocycles. The Balaban J connectivity index is 1.87. The van der Waals surface area contributed by atoms with E-state index in [-0.39, 0.29) is 11.9 Å². The number of hydrogen-bond donors (Lipinski definition) is 2. The van der Waals surface area contributed by atoms with E-state index in [0.717, 1.165) is 37.7 Å². The van der Waals surface area contributed by atoms with Gasteiger partial charge in [0, 0.05) is 12.6 Å². The molecule has 1 aliphatic rings. The molecule has 76 valence electrons. The summed E-state index contributed by atoms with van der Waals surface area (Å²) in [5, 5.41) is 6.16. The average Bonchev–Trinajstić information content (AvgIpc) is 2.72. The van der Waals surface area contributed by atoms with Crippen LogP contribution in [0.25, 0.3) is 0 Å². The molecule has 1 fully saturated rings. The predicted octanol–water partition coefficient (Wildman–Crippen LogP) is 0.0199. The first-order chi connectivity index (χ1) is 6.86. The van der Waals surface area contributed by atoms with Crippen LogP contribution in [0.3, 0.4) is 0 Å². The van der Waals surface area contributed by atoms with Gasteiger partial charge in [-0.05, 0) is 19.4 Å². The van der Waals surface area contributed by atoms with Gasteiger partial charge in [0.05, 0.1) is 17.9 Å². The fourth-order valence-corrected chi connectivity index (χ4v) is 1.91. The largest absolute Gasteiger partial charge is 0.347 e. The third kappa shape index (κ3) is 2.27. The zero-order chi connectivity index (χ0) is 9.80. The van der Waals surface area contributed by atoms with Crippen LogP contribution in [0.5, 0.6) is 0 Å². The number of piperidine rings is 1. The molecule has 2 heterocycles. The molecule has 2 N–H and O–H groups in total. The molecule has 1 saturated heterocycles. The van der Waals surface area contributed by atoms with Crippen LogP contribution < -0.4 is 10.6 Å². The molecule has 0 spiro atoms. The Labute approximate surface area is 86.2 Å². The molecule has 1 atom stereocenters. The zero-order valence-electron chi connectivity index (χ0n) is 7.69. The summed E-state index contributed by atoms with van der Waals surface area (Å²) in [6.07, 6.45) is 3.65. The Morgan fingerprint density at radius 1 is 1.71 bits per heavy atom. The van der Waals surface area contributed by atoms with Gasteiger partial charge in [-0.15, -0.1) is 0 Å². The average molecular weight is 212 g/mol. The van der Waals surface area contributed by atoms with E-state index in [1.54, 1.807) is 0 Å². The summed E-state index contributed by atoms with van der Waals surface area (Å²) in [7, 11) is 0. The molecule has 6 heteroatoms. The van der Waals surface area contributed by atoms with Gasteiger partial charge in [0.1, 0.15) is 0 Å². The molecule has 14 heavy (non-hydrogen) atoms. The number of carbonyl (C=O) groups is 1. The Bertz CT molecular complexity index is 294. The third-order valence-electron chi connectivity index (χ3n) is 2.23. The first-order valence-corrected chi connectivity index (χ1v) is 5.38. The van der Waals surface area contributed by atoms with Crippen molar-refractivity contribution in [2.75, 3.05) is 13.1 Å². The van der Waals surface area contributed by atoms with Gasteiger partial charge in [-0.25, -0.2) is 0 Å². The fraction of sp³-hybridized carbons (Fsp3) is 0.625. The molecule has 0 radical (unpaired) electrons. The zero-order valence-corrected chi connectivity index (χ0v) is 8.51. The number of nitrogens with zero attached hydrogens (tertiary/aromatic N) is 2. The fourth-order valence-electron chi connectivity index (χ4n) is 1.50. The molecule has 0 bridgehead atoms. The maximum absolute atomic E-state index is 11.5. The highest BCUT2D eigenvalue weighted by Crippen LogP contribution is 2.03. The first kappa shape index (κ1) is 9.54. The highest BCUT2D eigenvalue weighted by Gasteiger charge is 2.17. The maximum atomic E-state index is 11.5. The maximum Gasteiger partial charge on any atom is 0.272 e. The van der Waals surface area contributed by atoms with E-state index < -0.39 is 0 Å². The molecule has 5 nitrogen and oxygen atoms in total. The molecular formula is C8H12N4OS. The summed E-state index contributed by atoms with van der Waals surface area (Å²) in [5.74, 6) is -0.118. The molecule has 1 aromatic heterocycles. The van der Waals surface area contributed by atoms with E-state index in [0.29, 0.717) is 5.69 Å². The van der Waals surface area contributed by atoms with E-state index in [4.69, 9.17) is 0 Å². The molecule has 2 rings (SSSR count). The van der Waals surface area contributed by atoms with E-state index in [2.05, 4.69) is 19.4 Å². The van der Waals surface area contributed by atoms with Crippen molar-refractivity contribution in [1.29, 1.82) is 0 Å². The SMILES string of the molecule is O=C(NC1CCCNC1)c1cnsn1. The third-order valence-corrected chi connectivity index (χ3v) is 2.70. The van der Waals surface area contributed by atoms with E-state index in [9.17, 15) is 4.79 Å². The quantitative estimate of drug-likeness (QED) is 0.725. The number of hydrogen-bond acceptors (Lipinski definition) is 5. The standard InChI is InChI=1S/C8H12N4OS/c13-8(7-5-10-14-12-7)11-6-2-1-3-9-4-6/h5-6,9H,1-4H2,(H,11,13). The molecular weight excluding hydrogens is 200 g/mol. The lowest BCUT2D eigenvalue weighted by Crippen LogP contribution is -2.45. The van der Waals surface area contributed by atoms with Gasteiger partial charge in [0.25, 0.3) is 5.91 Å². The van der Waals surface area contributed by atoms with Gasteiger partial charge < -0.3 is 10.6 Å². The van der Waals surface area contributed by atoms with Crippen molar-refractivity contribution < 1.29 is 4.79 Å². The minimum absolute atomic E-state index is 0.118. The van der Waals surface area contributed by atoms with Crippen LogP contribution in [0.2, 0.25) is 0 Å². The Morgan fingerprint density at radius 3 is 3.29 bits per heavy atom. The van der Waals surface area contributed by atoms with Crippen LogP contribution in [-0.2, 0) is 0 Å². The first-order valence-electron chi connectivity index (χ1n) is 4.65. The predicted molar refractivity (Wildman–Crippen MR) is 53.3 cm³/mol. The van der Waals surface area contributed by atoms with Crippen LogP contribution in [0, 0.1) is 0 Å². The number of rotatable bonds is 2. The van der Waals surface area contributed by atoms with Gasteiger partial charge >= 0.3 is 0 Å². The Morgan fingerprint density at radius 2 is 2.64 bits per heavy atom. The lowest BCUT2D eigenvalue weighted by Gasteiger charge is -2.23. The molecule has 0 aliphatic carbocycles. The van der Waals surface area contributed by atoms with Crippen molar-refractivity contribution in [1.82, 2.24) is 19.4 Å². The normalized spacial score (nSPS) is 21.9. The topological polar surface area (TPSA) is 66.9 Å². The molecule has 0 saturated carbocycles. The second-order valence-corrected chi connectivity index (χ2v) is 3.87. The van der Waals surface area contributed by atoms with Crippen molar-refractivity contribution in [2.24, 2.45) is 0 Å². The van der Waals surface area contributed by atoms with Gasteiger partial charge in [-0.1, -0.05) is 0 Å². The number of carbonyl (C=O) groups excluding carboxylic acids is 1. The monoisotopic (exact) mass is 212 g/mol. The van der Waals surface area contributed by atoms with Crippen LogP contribution in [0.15, 0.2) is 6.20 Å². The van der Waals surface area contributed by atoms with E-state index in [1.807, 2.05) is 0 Å². The van der Waals surface area contributed by atoms with Crippen LogP contribution in [0.1, 0.15) is 23.3 Å². The van der Waals surface area contributed by atoms with E-state index in [1.165, 1.54) is 6.20 Å². The highest BCUT2D eigenvalue weighted by molar-refractivity contribution is 6.99. The summed E-state index contributed by atoms with van der Waals surface area (Å²) >= 11 is 1.05. The van der Waals surface area contributed by atoms with Crippen molar-refractivity contribution >= 4 is 17.6 Å². The van der Waals surface area contributed by atoms with Crippen LogP contribution in [-0.4, -0.2) is 33.8 Å². The van der Waals surface area contributed by atoms with Gasteiger partial charge in [-0.3, -0.25) is 4.79 Å². The second kappa shape index (κ2) is 4.47. The summed E-state index contributed by atoms with van der Waals surface area (Å²) < 4.78 is 7.67. The Hall–Kier alpha value is -1.01. The summed E-state index contributed by atoms with van der Waals surface area (Å²) in [6.45, 7) is 1.90. The smallest absolute Gasteiger partial charge is 0.272 e. The molecule has 1 aromatic rings. The molecule has 1 aliphatic heterocycles. The van der Waals surface area contributed by atoms with Crippen LogP contribution in [0.4, 0.5) is 0 Å². The number of nitrogens with one attached hydrogen (secondary N) is 2. The van der Waals surface area contributed by atoms with Gasteiger partial charge in [0.2, 0.25) is 0 Å². The summed E-state index contributed by atoms with van der Waals surface area (Å²) in [5.41, 5.74) is 0.417. The second-order valence-electron chi connectivity index (χ2n) is 3.31. The van der Waals surface area contributed by atoms with Crippen molar-refractivity contribution in [3.8, 4) is 0 Å². The summed E-state index contributed by atoms with van der Waals surface area (Å²) in [4.78, 5) is 11.5. The number of amides is 1. The molecule has 1 unspecified atom stereocenters. The molecule has 1 amide bonds. The minimum atomic E-state index is -0.118. The van der Waals surface area contributed by atoms with E-state index >= 15 is 0 Å². The van der Waals surface area contributed by atoms with Gasteiger partial charge in [-0.2, -0.15) is 8.75 Å². The van der Waals surface area contributed by atoms with Crippen LogP contribution >= 0.6 is 11.7 Å². The highest BCUT2D eigenvalue weighted by atomic mass is 32.1. The Kier molecular flexibility index (Phi) is 3.05. The lowest BCUT2D eigenvalue weighted by atomic mass is 10.1. The lowest BCUT2D eigenvalue weighted by molar-refractivity contribution is 0.0926. The van der Waals surface area contributed by atoms with Crippen molar-refractivity contribution in [2.45, 2.75) is 18.9 Å². The van der Waals surface area contributed by atoms with Crippen molar-refractivity contribution in [3.05, 3.63) is 11.9 Å².